The van der Waals surface area contributed by atoms with Crippen LogP contribution in [0.1, 0.15) is 19.4 Å². The maximum Gasteiger partial charge on any atom is 0.326 e. The van der Waals surface area contributed by atoms with Gasteiger partial charge < -0.3 is 14.6 Å². The number of imide groups is 1. The van der Waals surface area contributed by atoms with Crippen molar-refractivity contribution in [2.75, 3.05) is 13.7 Å². The van der Waals surface area contributed by atoms with E-state index >= 15 is 0 Å². The molecule has 1 aliphatic heterocycles. The molecule has 1 heterocycles. The number of halogens is 1. The Morgan fingerprint density at radius 2 is 2.08 bits per heavy atom. The summed E-state index contributed by atoms with van der Waals surface area (Å²) >= 11 is 3.93. The molecule has 1 aromatic rings. The number of hydrogen-bond acceptors (Lipinski definition) is 7. The maximum absolute atomic E-state index is 12.4. The van der Waals surface area contributed by atoms with Crippen LogP contribution in [0.25, 0.3) is 6.08 Å². The van der Waals surface area contributed by atoms with Gasteiger partial charge in [0, 0.05) is 0 Å². The zero-order valence-electron chi connectivity index (χ0n) is 13.7. The van der Waals surface area contributed by atoms with Gasteiger partial charge in [0.25, 0.3) is 11.1 Å². The second-order valence-electron chi connectivity index (χ2n) is 5.36. The van der Waals surface area contributed by atoms with Crippen molar-refractivity contribution >= 4 is 50.9 Å². The van der Waals surface area contributed by atoms with Gasteiger partial charge in [-0.2, -0.15) is 0 Å². The number of amides is 2. The van der Waals surface area contributed by atoms with Crippen molar-refractivity contribution in [3.63, 3.8) is 0 Å². The summed E-state index contributed by atoms with van der Waals surface area (Å²) in [6.45, 7) is 2.94. The Morgan fingerprint density at radius 3 is 2.68 bits per heavy atom. The minimum atomic E-state index is -0.646. The van der Waals surface area contributed by atoms with E-state index in [4.69, 9.17) is 9.47 Å². The molecule has 1 N–H and O–H groups in total. The molecule has 0 aromatic heterocycles. The molecule has 1 saturated heterocycles. The summed E-state index contributed by atoms with van der Waals surface area (Å²) in [6.07, 6.45) is 1.16. The van der Waals surface area contributed by atoms with Crippen LogP contribution in [-0.2, 0) is 14.3 Å². The molecule has 1 aliphatic rings. The van der Waals surface area contributed by atoms with Gasteiger partial charge in [-0.1, -0.05) is 0 Å². The lowest BCUT2D eigenvalue weighted by Crippen LogP contribution is -2.35. The highest BCUT2D eigenvalue weighted by Crippen LogP contribution is 2.38. The smallest absolute Gasteiger partial charge is 0.326 e. The molecular weight excluding hydrogens is 414 g/mol. The van der Waals surface area contributed by atoms with E-state index in [1.54, 1.807) is 19.9 Å². The van der Waals surface area contributed by atoms with E-state index in [0.29, 0.717) is 10.0 Å². The van der Waals surface area contributed by atoms with Gasteiger partial charge in [-0.05, 0) is 65.3 Å². The topological polar surface area (TPSA) is 93.1 Å². The highest BCUT2D eigenvalue weighted by Gasteiger charge is 2.36. The summed E-state index contributed by atoms with van der Waals surface area (Å²) in [5, 5.41) is 9.27. The lowest BCUT2D eigenvalue weighted by molar-refractivity contribution is -0.149. The van der Waals surface area contributed by atoms with Gasteiger partial charge in [0.15, 0.2) is 11.5 Å². The highest BCUT2D eigenvalue weighted by molar-refractivity contribution is 9.10. The molecule has 0 unspecified atom stereocenters. The zero-order valence-corrected chi connectivity index (χ0v) is 16.1. The average molecular weight is 430 g/mol. The van der Waals surface area contributed by atoms with Crippen molar-refractivity contribution in [2.45, 2.75) is 20.0 Å². The Hall–Kier alpha value is -2.00. The Kier molecular flexibility index (Phi) is 6.12. The number of methoxy groups -OCH3 is 1. The van der Waals surface area contributed by atoms with Crippen LogP contribution in [0.3, 0.4) is 0 Å². The number of phenols is 1. The quantitative estimate of drug-likeness (QED) is 0.567. The number of nitrogens with zero attached hydrogens (tertiary/aromatic N) is 1. The van der Waals surface area contributed by atoms with Crippen molar-refractivity contribution in [1.82, 2.24) is 4.90 Å². The zero-order chi connectivity index (χ0) is 18.7. The van der Waals surface area contributed by atoms with Gasteiger partial charge >= 0.3 is 5.97 Å². The van der Waals surface area contributed by atoms with Crippen molar-refractivity contribution in [1.29, 1.82) is 0 Å². The first-order chi connectivity index (χ1) is 11.7. The van der Waals surface area contributed by atoms with E-state index in [0.717, 1.165) is 16.7 Å². The molecule has 0 atom stereocenters. The minimum Gasteiger partial charge on any atom is -0.503 e. The Balaban J connectivity index is 2.23. The molecule has 0 spiro atoms. The molecule has 0 radical (unpaired) electrons. The second-order valence-corrected chi connectivity index (χ2v) is 7.21. The van der Waals surface area contributed by atoms with Crippen LogP contribution in [0, 0.1) is 0 Å². The summed E-state index contributed by atoms with van der Waals surface area (Å²) in [4.78, 5) is 37.1. The maximum atomic E-state index is 12.4. The monoisotopic (exact) mass is 429 g/mol. The number of ether oxygens (including phenoxy) is 2. The van der Waals surface area contributed by atoms with E-state index in [2.05, 4.69) is 15.9 Å². The average Bonchev–Trinajstić information content (AvgIpc) is 2.77. The lowest BCUT2D eigenvalue weighted by atomic mass is 10.2. The van der Waals surface area contributed by atoms with Gasteiger partial charge in [-0.3, -0.25) is 19.3 Å². The van der Waals surface area contributed by atoms with Crippen LogP contribution in [0.5, 0.6) is 11.5 Å². The van der Waals surface area contributed by atoms with Crippen LogP contribution >= 0.6 is 27.7 Å². The van der Waals surface area contributed by atoms with Crippen molar-refractivity contribution in [3.8, 4) is 11.5 Å². The predicted octanol–water partition coefficient (Wildman–Crippen LogP) is 3.15. The van der Waals surface area contributed by atoms with Crippen LogP contribution < -0.4 is 4.74 Å². The number of aromatic hydroxyl groups is 1. The lowest BCUT2D eigenvalue weighted by Gasteiger charge is -2.13. The van der Waals surface area contributed by atoms with Gasteiger partial charge in [-0.25, -0.2) is 0 Å². The first-order valence-electron chi connectivity index (χ1n) is 7.24. The number of carbonyl (C=O) groups excluding carboxylic acids is 3. The molecule has 1 aromatic carbocycles. The molecular formula is C16H16BrNO6S. The van der Waals surface area contributed by atoms with Crippen LogP contribution in [-0.4, -0.2) is 46.9 Å². The molecule has 1 fully saturated rings. The summed E-state index contributed by atoms with van der Waals surface area (Å²) in [5.74, 6) is -1.06. The fraction of sp³-hybridized carbons (Fsp3) is 0.312. The van der Waals surface area contributed by atoms with Crippen molar-refractivity contribution < 1.29 is 29.0 Å². The Morgan fingerprint density at radius 1 is 1.40 bits per heavy atom. The standard InChI is InChI=1S/C16H16BrNO6S/c1-8(2)24-13(19)7-18-15(21)12(25-16(18)22)6-9-4-10(17)14(20)11(5-9)23-3/h4-6,8,20H,7H2,1-3H3/b12-6+. The third-order valence-electron chi connectivity index (χ3n) is 3.10. The SMILES string of the molecule is COc1cc(/C=C2/SC(=O)N(CC(=O)OC(C)C)C2=O)cc(Br)c1O. The number of benzene rings is 1. The fourth-order valence-electron chi connectivity index (χ4n) is 2.05. The largest absolute Gasteiger partial charge is 0.503 e. The first-order valence-corrected chi connectivity index (χ1v) is 8.85. The molecule has 2 amide bonds. The van der Waals surface area contributed by atoms with E-state index in [9.17, 15) is 19.5 Å². The third-order valence-corrected chi connectivity index (χ3v) is 4.61. The third kappa shape index (κ3) is 4.55. The summed E-state index contributed by atoms with van der Waals surface area (Å²) < 4.78 is 10.4. The molecule has 0 saturated carbocycles. The Labute approximate surface area is 157 Å². The minimum absolute atomic E-state index is 0.0656. The van der Waals surface area contributed by atoms with Gasteiger partial charge in [0.05, 0.1) is 22.6 Å². The fourth-order valence-corrected chi connectivity index (χ4v) is 3.35. The van der Waals surface area contributed by atoms with Gasteiger partial charge in [-0.15, -0.1) is 0 Å². The number of hydrogen-bond donors (Lipinski definition) is 1. The molecule has 134 valence electrons. The molecule has 0 bridgehead atoms. The Bertz CT molecular complexity index is 761. The molecule has 2 rings (SSSR count). The second kappa shape index (κ2) is 7.92. The van der Waals surface area contributed by atoms with Gasteiger partial charge in [0.2, 0.25) is 0 Å². The highest BCUT2D eigenvalue weighted by atomic mass is 79.9. The van der Waals surface area contributed by atoms with E-state index in [1.165, 1.54) is 19.3 Å². The van der Waals surface area contributed by atoms with Crippen molar-refractivity contribution in [3.05, 3.63) is 27.1 Å². The van der Waals surface area contributed by atoms with Crippen LogP contribution in [0.15, 0.2) is 21.5 Å². The molecule has 9 heteroatoms. The first kappa shape index (κ1) is 19.3. The molecule has 7 nitrogen and oxygen atoms in total. The molecule has 25 heavy (non-hydrogen) atoms. The van der Waals surface area contributed by atoms with Crippen LogP contribution in [0.2, 0.25) is 0 Å². The van der Waals surface area contributed by atoms with E-state index in [-0.39, 0.29) is 22.5 Å². The van der Waals surface area contributed by atoms with Gasteiger partial charge in [0.1, 0.15) is 6.54 Å². The normalized spacial score (nSPS) is 16.0. The predicted molar refractivity (Wildman–Crippen MR) is 96.3 cm³/mol. The van der Waals surface area contributed by atoms with E-state index < -0.39 is 23.7 Å². The summed E-state index contributed by atoms with van der Waals surface area (Å²) in [6, 6.07) is 3.11. The number of rotatable bonds is 5. The van der Waals surface area contributed by atoms with Crippen LogP contribution in [0.4, 0.5) is 4.79 Å². The molecule has 0 aliphatic carbocycles. The summed E-state index contributed by atoms with van der Waals surface area (Å²) in [5.41, 5.74) is 0.553. The van der Waals surface area contributed by atoms with E-state index in [1.807, 2.05) is 0 Å². The summed E-state index contributed by atoms with van der Waals surface area (Å²) in [7, 11) is 1.40. The number of phenolic OH excluding ortho intramolecular Hbond substituents is 1. The number of carbonyl (C=O) groups is 3. The number of esters is 1. The number of thioether (sulfide) groups is 1. The van der Waals surface area contributed by atoms with Crippen molar-refractivity contribution in [2.24, 2.45) is 0 Å².